The van der Waals surface area contributed by atoms with Gasteiger partial charge in [0.1, 0.15) is 5.75 Å². The first-order chi connectivity index (χ1) is 10.3. The van der Waals surface area contributed by atoms with Crippen LogP contribution in [0.4, 0.5) is 0 Å². The van der Waals surface area contributed by atoms with E-state index in [1.165, 1.54) is 44.3 Å². The molecule has 4 heteroatoms. The van der Waals surface area contributed by atoms with E-state index in [4.69, 9.17) is 4.74 Å². The van der Waals surface area contributed by atoms with Crippen LogP contribution in [0.1, 0.15) is 43.7 Å². The van der Waals surface area contributed by atoms with Crippen molar-refractivity contribution in [2.45, 2.75) is 50.2 Å². The van der Waals surface area contributed by atoms with Crippen LogP contribution in [0.2, 0.25) is 0 Å². The molecule has 1 unspecified atom stereocenters. The van der Waals surface area contributed by atoms with Gasteiger partial charge in [-0.3, -0.25) is 0 Å². The Morgan fingerprint density at radius 3 is 2.67 bits per heavy atom. The highest BCUT2D eigenvalue weighted by Crippen LogP contribution is 2.35. The van der Waals surface area contributed by atoms with Crippen LogP contribution in [0.5, 0.6) is 5.75 Å². The van der Waals surface area contributed by atoms with Crippen molar-refractivity contribution < 1.29 is 4.74 Å². The van der Waals surface area contributed by atoms with E-state index in [1.54, 1.807) is 0 Å². The van der Waals surface area contributed by atoms with Gasteiger partial charge < -0.3 is 15.0 Å². The van der Waals surface area contributed by atoms with Crippen molar-refractivity contribution in [2.75, 3.05) is 19.7 Å². The topological polar surface area (TPSA) is 24.5 Å². The first-order valence-corrected chi connectivity index (χ1v) is 9.01. The first kappa shape index (κ1) is 14.0. The Morgan fingerprint density at radius 1 is 1.10 bits per heavy atom. The molecule has 2 aliphatic heterocycles. The molecule has 114 valence electrons. The fraction of sp³-hybridized carbons (Fsp3) is 0.647. The van der Waals surface area contributed by atoms with E-state index in [9.17, 15) is 0 Å². The summed E-state index contributed by atoms with van der Waals surface area (Å²) in [5, 5.41) is 3.89. The first-order valence-electron chi connectivity index (χ1n) is 8.22. The number of nitrogens with one attached hydrogen (secondary N) is 1. The predicted molar refractivity (Wildman–Crippen MR) is 87.7 cm³/mol. The van der Waals surface area contributed by atoms with Crippen LogP contribution in [0.25, 0.3) is 0 Å². The van der Waals surface area contributed by atoms with Crippen LogP contribution in [0.3, 0.4) is 0 Å². The second-order valence-corrected chi connectivity index (χ2v) is 7.50. The summed E-state index contributed by atoms with van der Waals surface area (Å²) in [5.41, 5.74) is 1.32. The van der Waals surface area contributed by atoms with Gasteiger partial charge >= 0.3 is 0 Å². The number of halogens is 1. The van der Waals surface area contributed by atoms with Gasteiger partial charge in [-0.05, 0) is 57.0 Å². The molecule has 1 aliphatic carbocycles. The van der Waals surface area contributed by atoms with Crippen molar-refractivity contribution in [1.29, 1.82) is 0 Å². The van der Waals surface area contributed by atoms with Crippen molar-refractivity contribution in [3.05, 3.63) is 28.2 Å². The Kier molecular flexibility index (Phi) is 3.94. The van der Waals surface area contributed by atoms with E-state index in [0.717, 1.165) is 29.3 Å². The molecule has 2 heterocycles. The van der Waals surface area contributed by atoms with Gasteiger partial charge in [0.15, 0.2) is 0 Å². The molecule has 1 aromatic rings. The lowest BCUT2D eigenvalue weighted by Gasteiger charge is -2.36. The van der Waals surface area contributed by atoms with Gasteiger partial charge in [-0.25, -0.2) is 0 Å². The lowest BCUT2D eigenvalue weighted by molar-refractivity contribution is 0.172. The minimum atomic E-state index is 0.448. The van der Waals surface area contributed by atoms with Gasteiger partial charge in [0.2, 0.25) is 0 Å². The molecule has 1 atom stereocenters. The zero-order valence-electron chi connectivity index (χ0n) is 12.4. The lowest BCUT2D eigenvalue weighted by Crippen LogP contribution is -2.45. The summed E-state index contributed by atoms with van der Waals surface area (Å²) in [6, 6.07) is 8.40. The second kappa shape index (κ2) is 5.90. The fourth-order valence-electron chi connectivity index (χ4n) is 3.69. The molecule has 1 saturated carbocycles. The van der Waals surface area contributed by atoms with E-state index < -0.39 is 0 Å². The Bertz CT molecular complexity index is 510. The molecule has 0 bridgehead atoms. The smallest absolute Gasteiger partial charge is 0.124 e. The standard InChI is InChI=1S/C17H23BrN2O/c18-12-1-4-17-15(11-12)16(7-10-21-17)19-13-5-8-20(9-6-13)14-2-3-14/h1,4,11,13-14,16,19H,2-3,5-10H2. The van der Waals surface area contributed by atoms with Crippen LogP contribution < -0.4 is 10.1 Å². The van der Waals surface area contributed by atoms with Gasteiger partial charge in [-0.2, -0.15) is 0 Å². The summed E-state index contributed by atoms with van der Waals surface area (Å²) in [6.45, 7) is 3.38. The number of piperidine rings is 1. The molecule has 0 aromatic heterocycles. The summed E-state index contributed by atoms with van der Waals surface area (Å²) in [5.74, 6) is 1.05. The molecule has 3 aliphatic rings. The van der Waals surface area contributed by atoms with Crippen LogP contribution in [0.15, 0.2) is 22.7 Å². The third-order valence-electron chi connectivity index (χ3n) is 5.04. The lowest BCUT2D eigenvalue weighted by atomic mass is 9.97. The monoisotopic (exact) mass is 350 g/mol. The summed E-state index contributed by atoms with van der Waals surface area (Å²) in [4.78, 5) is 2.69. The molecule has 0 radical (unpaired) electrons. The number of hydrogen-bond acceptors (Lipinski definition) is 3. The maximum Gasteiger partial charge on any atom is 0.124 e. The number of likely N-dealkylation sites (tertiary alicyclic amines) is 1. The number of rotatable bonds is 3. The second-order valence-electron chi connectivity index (χ2n) is 6.58. The average molecular weight is 351 g/mol. The van der Waals surface area contributed by atoms with E-state index in [-0.39, 0.29) is 0 Å². The van der Waals surface area contributed by atoms with Crippen molar-refractivity contribution >= 4 is 15.9 Å². The normalized spacial score (nSPS) is 27.2. The van der Waals surface area contributed by atoms with Crippen molar-refractivity contribution in [1.82, 2.24) is 10.2 Å². The SMILES string of the molecule is Brc1ccc2c(c1)C(NC1CCN(C3CC3)CC1)CCO2. The third-order valence-corrected chi connectivity index (χ3v) is 5.53. The molecular weight excluding hydrogens is 328 g/mol. The summed E-state index contributed by atoms with van der Waals surface area (Å²) >= 11 is 3.58. The summed E-state index contributed by atoms with van der Waals surface area (Å²) in [7, 11) is 0. The molecule has 2 fully saturated rings. The average Bonchev–Trinajstić information content (AvgIpc) is 3.33. The molecule has 4 rings (SSSR count). The predicted octanol–water partition coefficient (Wildman–Crippen LogP) is 3.49. The maximum absolute atomic E-state index is 5.79. The van der Waals surface area contributed by atoms with Gasteiger partial charge in [-0.15, -0.1) is 0 Å². The Labute approximate surface area is 135 Å². The zero-order chi connectivity index (χ0) is 14.2. The molecule has 1 N–H and O–H groups in total. The van der Waals surface area contributed by atoms with E-state index >= 15 is 0 Å². The molecule has 0 spiro atoms. The Balaban J connectivity index is 1.40. The van der Waals surface area contributed by atoms with Gasteiger partial charge in [0.25, 0.3) is 0 Å². The Hall–Kier alpha value is -0.580. The molecule has 0 amide bonds. The van der Waals surface area contributed by atoms with Gasteiger partial charge in [-0.1, -0.05) is 15.9 Å². The summed E-state index contributed by atoms with van der Waals surface area (Å²) < 4.78 is 6.93. The van der Waals surface area contributed by atoms with Gasteiger partial charge in [0.05, 0.1) is 6.61 Å². The molecule has 3 nitrogen and oxygen atoms in total. The van der Waals surface area contributed by atoms with Gasteiger partial charge in [0, 0.05) is 34.6 Å². The number of fused-ring (bicyclic) bond motifs is 1. The number of ether oxygens (including phenoxy) is 1. The zero-order valence-corrected chi connectivity index (χ0v) is 13.9. The van der Waals surface area contributed by atoms with Crippen LogP contribution in [-0.4, -0.2) is 36.7 Å². The minimum absolute atomic E-state index is 0.448. The highest BCUT2D eigenvalue weighted by atomic mass is 79.9. The largest absolute Gasteiger partial charge is 0.493 e. The van der Waals surface area contributed by atoms with E-state index in [1.807, 2.05) is 0 Å². The third kappa shape index (κ3) is 3.13. The molecular formula is C17H23BrN2O. The number of hydrogen-bond donors (Lipinski definition) is 1. The molecule has 1 aromatic carbocycles. The summed E-state index contributed by atoms with van der Waals surface area (Å²) in [6.07, 6.45) is 6.51. The fourth-order valence-corrected chi connectivity index (χ4v) is 4.07. The number of benzene rings is 1. The quantitative estimate of drug-likeness (QED) is 0.902. The molecule has 1 saturated heterocycles. The Morgan fingerprint density at radius 2 is 1.90 bits per heavy atom. The highest BCUT2D eigenvalue weighted by molar-refractivity contribution is 9.10. The maximum atomic E-state index is 5.79. The van der Waals surface area contributed by atoms with Crippen molar-refractivity contribution in [2.24, 2.45) is 0 Å². The van der Waals surface area contributed by atoms with Crippen molar-refractivity contribution in [3.63, 3.8) is 0 Å². The van der Waals surface area contributed by atoms with Crippen LogP contribution >= 0.6 is 15.9 Å². The van der Waals surface area contributed by atoms with E-state index in [2.05, 4.69) is 44.3 Å². The van der Waals surface area contributed by atoms with Crippen molar-refractivity contribution in [3.8, 4) is 5.75 Å². The van der Waals surface area contributed by atoms with Crippen LogP contribution in [-0.2, 0) is 0 Å². The van der Waals surface area contributed by atoms with E-state index in [0.29, 0.717) is 12.1 Å². The number of nitrogens with zero attached hydrogens (tertiary/aromatic N) is 1. The molecule has 21 heavy (non-hydrogen) atoms. The van der Waals surface area contributed by atoms with Crippen LogP contribution in [0, 0.1) is 0 Å². The highest BCUT2D eigenvalue weighted by Gasteiger charge is 2.33. The minimum Gasteiger partial charge on any atom is -0.493 e.